The molecule has 1 N–H and O–H groups in total. The highest BCUT2D eigenvalue weighted by Gasteiger charge is 2.23. The van der Waals surface area contributed by atoms with E-state index >= 15 is 0 Å². The molecule has 1 unspecified atom stereocenters. The third kappa shape index (κ3) is 3.75. The molecule has 27 heavy (non-hydrogen) atoms. The van der Waals surface area contributed by atoms with Crippen LogP contribution in [0.4, 0.5) is 0 Å². The number of amides is 1. The third-order valence-corrected chi connectivity index (χ3v) is 4.98. The monoisotopic (exact) mass is 385 g/mol. The van der Waals surface area contributed by atoms with Gasteiger partial charge in [0.2, 0.25) is 11.7 Å². The van der Waals surface area contributed by atoms with Crippen molar-refractivity contribution in [2.75, 3.05) is 0 Å². The number of hydrogen-bond acceptors (Lipinski definition) is 5. The van der Waals surface area contributed by atoms with Crippen LogP contribution in [0, 0.1) is 0 Å². The Bertz CT molecular complexity index is 1080. The van der Waals surface area contributed by atoms with Crippen molar-refractivity contribution < 1.29 is 4.79 Å². The first-order valence-electron chi connectivity index (χ1n) is 8.69. The van der Waals surface area contributed by atoms with Crippen molar-refractivity contribution in [2.24, 2.45) is 0 Å². The summed E-state index contributed by atoms with van der Waals surface area (Å²) in [7, 11) is 0. The Balaban J connectivity index is 2.12. The molecule has 7 nitrogen and oxygen atoms in total. The van der Waals surface area contributed by atoms with Crippen molar-refractivity contribution in [1.82, 2.24) is 24.5 Å². The lowest BCUT2D eigenvalue weighted by molar-refractivity contribution is -0.121. The molecule has 0 saturated carbocycles. The fourth-order valence-corrected chi connectivity index (χ4v) is 3.64. The fourth-order valence-electron chi connectivity index (χ4n) is 2.79. The van der Waals surface area contributed by atoms with Gasteiger partial charge in [-0.15, -0.1) is 16.8 Å². The summed E-state index contributed by atoms with van der Waals surface area (Å²) in [6, 6.07) is 7.32. The Hall–Kier alpha value is -2.61. The molecule has 8 heteroatoms. The topological polar surface area (TPSA) is 81.3 Å². The van der Waals surface area contributed by atoms with E-state index < -0.39 is 0 Å². The van der Waals surface area contributed by atoms with Crippen LogP contribution in [0.2, 0.25) is 0 Å². The van der Waals surface area contributed by atoms with Crippen LogP contribution in [0.25, 0.3) is 16.7 Å². The van der Waals surface area contributed by atoms with E-state index in [2.05, 4.69) is 22.1 Å². The standard InChI is InChI=1S/C19H23N5O2S/c1-6-11-23-16(26)13-9-7-8-10-14(13)24-17(23)21-22-18(24)27-12(2)15(25)20-19(3,4)5/h6-10,12H,1,11H2,2-5H3,(H,20,25). The lowest BCUT2D eigenvalue weighted by Gasteiger charge is -2.22. The molecule has 0 aliphatic carbocycles. The zero-order valence-electron chi connectivity index (χ0n) is 15.9. The first kappa shape index (κ1) is 19.2. The number of aromatic nitrogens is 4. The summed E-state index contributed by atoms with van der Waals surface area (Å²) in [6.07, 6.45) is 1.65. The highest BCUT2D eigenvalue weighted by Crippen LogP contribution is 2.25. The van der Waals surface area contributed by atoms with Crippen molar-refractivity contribution in [2.45, 2.75) is 50.2 Å². The maximum Gasteiger partial charge on any atom is 0.263 e. The Kier molecular flexibility index (Phi) is 5.10. The second-order valence-electron chi connectivity index (χ2n) is 7.34. The van der Waals surface area contributed by atoms with Crippen molar-refractivity contribution in [3.63, 3.8) is 0 Å². The van der Waals surface area contributed by atoms with E-state index in [1.54, 1.807) is 12.1 Å². The summed E-state index contributed by atoms with van der Waals surface area (Å²) in [5.74, 6) is 0.359. The average Bonchev–Trinajstić information content (AvgIpc) is 3.00. The van der Waals surface area contributed by atoms with Crippen molar-refractivity contribution in [1.29, 1.82) is 0 Å². The summed E-state index contributed by atoms with van der Waals surface area (Å²) in [4.78, 5) is 25.2. The van der Waals surface area contributed by atoms with E-state index in [0.717, 1.165) is 0 Å². The minimum atomic E-state index is -0.366. The van der Waals surface area contributed by atoms with Gasteiger partial charge >= 0.3 is 0 Å². The molecule has 0 bridgehead atoms. The normalized spacial score (nSPS) is 13.0. The van der Waals surface area contributed by atoms with E-state index in [0.29, 0.717) is 28.4 Å². The van der Waals surface area contributed by atoms with Crippen LogP contribution in [0.3, 0.4) is 0 Å². The maximum absolute atomic E-state index is 12.8. The van der Waals surface area contributed by atoms with Gasteiger partial charge in [0.05, 0.1) is 16.2 Å². The minimum Gasteiger partial charge on any atom is -0.351 e. The molecule has 0 radical (unpaired) electrons. The first-order valence-corrected chi connectivity index (χ1v) is 9.57. The van der Waals surface area contributed by atoms with E-state index in [1.165, 1.54) is 16.3 Å². The minimum absolute atomic E-state index is 0.0760. The van der Waals surface area contributed by atoms with E-state index in [4.69, 9.17) is 0 Å². The number of rotatable bonds is 5. The highest BCUT2D eigenvalue weighted by atomic mass is 32.2. The maximum atomic E-state index is 12.8. The SMILES string of the molecule is C=CCn1c(=O)c2ccccc2n2c(SC(C)C(=O)NC(C)(C)C)nnc12. The molecule has 3 rings (SSSR count). The molecule has 2 aromatic heterocycles. The summed E-state index contributed by atoms with van der Waals surface area (Å²) in [5.41, 5.74) is 0.268. The van der Waals surface area contributed by atoms with Crippen LogP contribution < -0.4 is 10.9 Å². The second kappa shape index (κ2) is 7.19. The van der Waals surface area contributed by atoms with Crippen LogP contribution in [0.15, 0.2) is 46.9 Å². The molecule has 3 aromatic rings. The van der Waals surface area contributed by atoms with Gasteiger partial charge in [0.1, 0.15) is 0 Å². The van der Waals surface area contributed by atoms with E-state index in [-0.39, 0.29) is 22.3 Å². The van der Waals surface area contributed by atoms with Crippen LogP contribution >= 0.6 is 11.8 Å². The molecule has 1 amide bonds. The lowest BCUT2D eigenvalue weighted by atomic mass is 10.1. The summed E-state index contributed by atoms with van der Waals surface area (Å²) < 4.78 is 3.36. The third-order valence-electron chi connectivity index (χ3n) is 3.94. The Labute approximate surface area is 161 Å². The van der Waals surface area contributed by atoms with Crippen LogP contribution in [0.1, 0.15) is 27.7 Å². The number of nitrogens with one attached hydrogen (secondary N) is 1. The molecule has 0 saturated heterocycles. The first-order chi connectivity index (χ1) is 12.7. The molecule has 0 fully saturated rings. The number of hydrogen-bond donors (Lipinski definition) is 1. The number of benzene rings is 1. The summed E-state index contributed by atoms with van der Waals surface area (Å²) in [5, 5.41) is 12.2. The average molecular weight is 385 g/mol. The van der Waals surface area contributed by atoms with Gasteiger partial charge in [-0.1, -0.05) is 30.0 Å². The van der Waals surface area contributed by atoms with Crippen molar-refractivity contribution in [3.05, 3.63) is 47.3 Å². The summed E-state index contributed by atoms with van der Waals surface area (Å²) >= 11 is 1.31. The molecule has 0 aliphatic rings. The molecule has 1 atom stereocenters. The molecular weight excluding hydrogens is 362 g/mol. The van der Waals surface area contributed by atoms with Gasteiger partial charge in [-0.05, 0) is 39.8 Å². The van der Waals surface area contributed by atoms with Crippen LogP contribution in [-0.4, -0.2) is 35.9 Å². The number of allylic oxidation sites excluding steroid dienone is 1. The second-order valence-corrected chi connectivity index (χ2v) is 8.65. The Morgan fingerprint density at radius 3 is 2.70 bits per heavy atom. The number of para-hydroxylation sites is 1. The number of carbonyl (C=O) groups is 1. The van der Waals surface area contributed by atoms with Gasteiger partial charge in [0.15, 0.2) is 5.16 Å². The largest absolute Gasteiger partial charge is 0.351 e. The fraction of sp³-hybridized carbons (Fsp3) is 0.368. The zero-order chi connectivity index (χ0) is 19.8. The van der Waals surface area contributed by atoms with Gasteiger partial charge in [-0.3, -0.25) is 18.6 Å². The zero-order valence-corrected chi connectivity index (χ0v) is 16.7. The predicted molar refractivity (Wildman–Crippen MR) is 108 cm³/mol. The molecule has 0 aliphatic heterocycles. The molecule has 142 valence electrons. The predicted octanol–water partition coefficient (Wildman–Crippen LogP) is 2.63. The summed E-state index contributed by atoms with van der Waals surface area (Å²) in [6.45, 7) is 11.7. The van der Waals surface area contributed by atoms with Crippen molar-refractivity contribution >= 4 is 34.3 Å². The molecule has 2 heterocycles. The molecule has 0 spiro atoms. The highest BCUT2D eigenvalue weighted by molar-refractivity contribution is 8.00. The van der Waals surface area contributed by atoms with E-state index in [9.17, 15) is 9.59 Å². The number of thioether (sulfide) groups is 1. The van der Waals surface area contributed by atoms with Crippen molar-refractivity contribution in [3.8, 4) is 0 Å². The number of fused-ring (bicyclic) bond motifs is 3. The van der Waals surface area contributed by atoms with Gasteiger partial charge in [-0.25, -0.2) is 0 Å². The van der Waals surface area contributed by atoms with Gasteiger partial charge < -0.3 is 5.32 Å². The quantitative estimate of drug-likeness (QED) is 0.539. The smallest absolute Gasteiger partial charge is 0.263 e. The lowest BCUT2D eigenvalue weighted by Crippen LogP contribution is -2.44. The van der Waals surface area contributed by atoms with Crippen LogP contribution in [-0.2, 0) is 11.3 Å². The molecule has 1 aromatic carbocycles. The Morgan fingerprint density at radius 1 is 1.33 bits per heavy atom. The van der Waals surface area contributed by atoms with Gasteiger partial charge in [0, 0.05) is 12.1 Å². The molecular formula is C19H23N5O2S. The Morgan fingerprint density at radius 2 is 2.04 bits per heavy atom. The number of nitrogens with zero attached hydrogens (tertiary/aromatic N) is 4. The number of carbonyl (C=O) groups excluding carboxylic acids is 1. The van der Waals surface area contributed by atoms with Gasteiger partial charge in [0.25, 0.3) is 5.56 Å². The van der Waals surface area contributed by atoms with Gasteiger partial charge in [-0.2, -0.15) is 0 Å². The van der Waals surface area contributed by atoms with E-state index in [1.807, 2.05) is 50.3 Å². The van der Waals surface area contributed by atoms with Crippen LogP contribution in [0.5, 0.6) is 0 Å².